The molecule has 2 aliphatic rings. The SMILES string of the molecule is Brc1ccc(OC2CCOCC2)c2ccccc12.C.Cc1ccc(S(=O)(=O)OC2CCOCC2)cc1.Oc1ccc(Br)c2ccccc12.[2H]OOC=O.[CH2-]F.[K+].[K+]. The molecule has 0 aromatic heterocycles. The number of aryl methyl sites for hydroxylation is 1. The summed E-state index contributed by atoms with van der Waals surface area (Å²) in [5.41, 5.74) is 1.02. The van der Waals surface area contributed by atoms with Crippen LogP contribution in [0.3, 0.4) is 0 Å². The largest absolute Gasteiger partial charge is 1.00 e. The van der Waals surface area contributed by atoms with Gasteiger partial charge in [-0.1, -0.05) is 106 Å². The summed E-state index contributed by atoms with van der Waals surface area (Å²) in [7, 11) is -1.88. The van der Waals surface area contributed by atoms with E-state index in [1.807, 2.05) is 55.5 Å². The van der Waals surface area contributed by atoms with Gasteiger partial charge in [0.2, 0.25) is 0 Å². The summed E-state index contributed by atoms with van der Waals surface area (Å²) >= 11 is 7.00. The van der Waals surface area contributed by atoms with Gasteiger partial charge >= 0.3 is 109 Å². The van der Waals surface area contributed by atoms with Gasteiger partial charge in [0.15, 0.2) is 0 Å². The first-order valence-corrected chi connectivity index (χ1v) is 19.5. The molecule has 2 heterocycles. The molecular formula is C40H46Br2FK2O10S+. The Kier molecular flexibility index (Phi) is 29.4. The molecule has 2 fully saturated rings. The number of hydrogen-bond acceptors (Lipinski definition) is 10. The topological polar surface area (TPSA) is 138 Å². The summed E-state index contributed by atoms with van der Waals surface area (Å²) in [5, 5.41) is 16.8. The van der Waals surface area contributed by atoms with Gasteiger partial charge in [-0.2, -0.15) is 15.6 Å². The fourth-order valence-corrected chi connectivity index (χ4v) is 7.36. The van der Waals surface area contributed by atoms with Gasteiger partial charge < -0.3 is 28.6 Å². The molecule has 10 nitrogen and oxygen atoms in total. The van der Waals surface area contributed by atoms with E-state index in [0.717, 1.165) is 57.1 Å². The van der Waals surface area contributed by atoms with Crippen LogP contribution in [0, 0.1) is 14.1 Å². The zero-order chi connectivity index (χ0) is 39.3. The van der Waals surface area contributed by atoms with Crippen molar-refractivity contribution >= 4 is 70.0 Å². The van der Waals surface area contributed by atoms with E-state index in [1.165, 1.54) is 10.8 Å². The van der Waals surface area contributed by atoms with Gasteiger partial charge in [-0.05, 0) is 66.9 Å². The van der Waals surface area contributed by atoms with Crippen molar-refractivity contribution in [3.05, 3.63) is 119 Å². The number of phenols is 1. The summed E-state index contributed by atoms with van der Waals surface area (Å²) in [6.07, 6.45) is 3.24. The van der Waals surface area contributed by atoms with Crippen LogP contribution >= 0.6 is 31.9 Å². The molecule has 0 radical (unpaired) electrons. The molecule has 5 aromatic rings. The second-order valence-electron chi connectivity index (χ2n) is 11.5. The number of hydrogen-bond donors (Lipinski definition) is 2. The molecule has 0 amide bonds. The molecular weight excluding hydrogens is 929 g/mol. The average molecular weight is 977 g/mol. The van der Waals surface area contributed by atoms with E-state index in [9.17, 15) is 17.9 Å². The molecule has 7 rings (SSSR count). The van der Waals surface area contributed by atoms with Crippen molar-refractivity contribution in [2.24, 2.45) is 0 Å². The Morgan fingerprint density at radius 3 is 1.70 bits per heavy atom. The number of halogens is 3. The first-order valence-electron chi connectivity index (χ1n) is 16.9. The Bertz CT molecular complexity index is 1950. The van der Waals surface area contributed by atoms with Crippen LogP contribution in [0.5, 0.6) is 11.5 Å². The van der Waals surface area contributed by atoms with E-state index in [1.54, 1.807) is 37.5 Å². The van der Waals surface area contributed by atoms with Crippen LogP contribution in [-0.4, -0.2) is 63.9 Å². The van der Waals surface area contributed by atoms with Gasteiger partial charge in [-0.15, -0.1) is 0 Å². The predicted octanol–water partition coefficient (Wildman–Crippen LogP) is 4.37. The third-order valence-electron chi connectivity index (χ3n) is 7.92. The van der Waals surface area contributed by atoms with Crippen molar-refractivity contribution in [2.45, 2.75) is 57.1 Å². The smallest absolute Gasteiger partial charge is 0.507 e. The van der Waals surface area contributed by atoms with E-state index in [-0.39, 0.29) is 134 Å². The maximum Gasteiger partial charge on any atom is 1.00 e. The number of aromatic hydroxyl groups is 1. The van der Waals surface area contributed by atoms with Gasteiger partial charge in [0.05, 0.1) is 24.2 Å². The summed E-state index contributed by atoms with van der Waals surface area (Å²) in [4.78, 5) is 12.5. The third kappa shape index (κ3) is 18.5. The zero-order valence-corrected chi connectivity index (χ0v) is 41.2. The standard InChI is InChI=1S/C15H15BrO2.C12H16O4S.C10H7BrO.CH2F.CH2O3.CH4.2K/c16-14-5-6-15(13-4-2-1-3-12(13)14)18-11-7-9-17-10-8-11;1-10-2-4-12(5-3-10)17(13,14)16-11-6-8-15-9-7-11;11-9-5-6-10(12)8-4-2-1-3-7(8)9;1-2;2-1-4-3;;;/h1-6,11H,7-10H2;2-5,11H,6-9H2,1H3;1-6,12H;1H2;1,3H;1H4;;/q;;;-1;;;2*+1/i/hD. The van der Waals surface area contributed by atoms with E-state index in [2.05, 4.69) is 60.2 Å². The van der Waals surface area contributed by atoms with Crippen LogP contribution in [0.1, 0.15) is 38.7 Å². The fourth-order valence-electron chi connectivity index (χ4n) is 5.27. The van der Waals surface area contributed by atoms with Crippen molar-refractivity contribution in [1.82, 2.24) is 0 Å². The Morgan fingerprint density at radius 1 is 0.750 bits per heavy atom. The van der Waals surface area contributed by atoms with Crippen molar-refractivity contribution < 1.29 is 154 Å². The Hall–Kier alpha value is -0.357. The number of phenolic OH excluding ortho intramolecular Hbond substituents is 1. The summed E-state index contributed by atoms with van der Waals surface area (Å²) in [6.45, 7) is 4.67. The van der Waals surface area contributed by atoms with Crippen LogP contribution in [0.2, 0.25) is 0 Å². The van der Waals surface area contributed by atoms with Gasteiger partial charge in [-0.3, -0.25) is 8.98 Å². The van der Waals surface area contributed by atoms with Gasteiger partial charge in [-0.25, -0.2) is 5.26 Å². The maximum absolute atomic E-state index is 11.9. The van der Waals surface area contributed by atoms with E-state index >= 15 is 0 Å². The minimum Gasteiger partial charge on any atom is -0.507 e. The van der Waals surface area contributed by atoms with Crippen molar-refractivity contribution in [3.8, 4) is 11.5 Å². The Morgan fingerprint density at radius 2 is 1.21 bits per heavy atom. The second kappa shape index (κ2) is 30.6. The monoisotopic (exact) mass is 974 g/mol. The van der Waals surface area contributed by atoms with Gasteiger partial charge in [0.25, 0.3) is 11.5 Å². The minimum atomic E-state index is -3.63. The molecule has 0 unspecified atom stereocenters. The normalized spacial score (nSPS) is 13.9. The van der Waals surface area contributed by atoms with Crippen LogP contribution in [0.15, 0.2) is 111 Å². The number of carbonyl (C=O) groups is 1. The van der Waals surface area contributed by atoms with Crippen LogP contribution in [0.4, 0.5) is 4.39 Å². The van der Waals surface area contributed by atoms with Crippen molar-refractivity contribution in [3.63, 3.8) is 0 Å². The first kappa shape index (κ1) is 53.7. The van der Waals surface area contributed by atoms with Gasteiger partial charge in [0.1, 0.15) is 17.6 Å². The number of benzene rings is 5. The first-order chi connectivity index (χ1) is 26.1. The number of ether oxygens (including phenoxy) is 3. The second-order valence-corrected chi connectivity index (χ2v) is 14.8. The quantitative estimate of drug-likeness (QED) is 0.0605. The summed E-state index contributed by atoms with van der Waals surface area (Å²) < 4.78 is 62.8. The summed E-state index contributed by atoms with van der Waals surface area (Å²) in [5.74, 6) is 1.30. The molecule has 0 saturated carbocycles. The minimum absolute atomic E-state index is 0. The molecule has 2 N–H and O–H groups in total. The molecule has 0 atom stereocenters. The molecule has 5 aromatic carbocycles. The molecule has 0 bridgehead atoms. The van der Waals surface area contributed by atoms with Crippen molar-refractivity contribution in [1.29, 1.82) is 1.43 Å². The molecule has 2 saturated heterocycles. The number of rotatable bonds is 7. The van der Waals surface area contributed by atoms with Gasteiger partial charge in [0, 0.05) is 45.8 Å². The average Bonchev–Trinajstić information content (AvgIpc) is 3.20. The Labute approximate surface area is 432 Å². The molecule has 2 aliphatic heterocycles. The molecule has 16 heteroatoms. The Balaban J connectivity index is 0.000000754. The molecule has 56 heavy (non-hydrogen) atoms. The third-order valence-corrected chi connectivity index (χ3v) is 10.7. The predicted molar refractivity (Wildman–Crippen MR) is 216 cm³/mol. The molecule has 0 spiro atoms. The van der Waals surface area contributed by atoms with E-state index < -0.39 is 10.1 Å². The van der Waals surface area contributed by atoms with Crippen LogP contribution in [-0.2, 0) is 33.5 Å². The fraction of sp³-hybridized carbons (Fsp3) is 0.300. The van der Waals surface area contributed by atoms with E-state index in [0.29, 0.717) is 31.8 Å². The number of fused-ring (bicyclic) bond motifs is 2. The van der Waals surface area contributed by atoms with Crippen LogP contribution in [0.25, 0.3) is 23.0 Å². The molecule has 294 valence electrons. The maximum atomic E-state index is 11.9. The van der Waals surface area contributed by atoms with Crippen LogP contribution < -0.4 is 108 Å². The summed E-state index contributed by atoms with van der Waals surface area (Å²) in [6, 6.07) is 30.3. The van der Waals surface area contributed by atoms with E-state index in [4.69, 9.17) is 24.6 Å². The number of carbonyl (C=O) groups excluding carboxylic acids is 1. The molecule has 0 aliphatic carbocycles. The van der Waals surface area contributed by atoms with Crippen molar-refractivity contribution in [2.75, 3.05) is 26.4 Å². The zero-order valence-electron chi connectivity index (χ0n) is 32.0.